The Hall–Kier alpha value is -1.31. The van der Waals surface area contributed by atoms with Crippen LogP contribution in [0.15, 0.2) is 29.4 Å². The number of nitrogens with one attached hydrogen (secondary N) is 1. The van der Waals surface area contributed by atoms with E-state index in [2.05, 4.69) is 22.7 Å². The maximum absolute atomic E-state index is 3.94. The van der Waals surface area contributed by atoms with Crippen LogP contribution in [0.3, 0.4) is 0 Å². The summed E-state index contributed by atoms with van der Waals surface area (Å²) in [6.07, 6.45) is 1.85. The van der Waals surface area contributed by atoms with Crippen molar-refractivity contribution in [2.75, 3.05) is 0 Å². The van der Waals surface area contributed by atoms with Crippen molar-refractivity contribution < 1.29 is 0 Å². The minimum absolute atomic E-state index is 0.854. The summed E-state index contributed by atoms with van der Waals surface area (Å²) in [5.41, 5.74) is 5.45. The Morgan fingerprint density at radius 2 is 1.71 bits per heavy atom. The van der Waals surface area contributed by atoms with Crippen LogP contribution in [0.4, 0.5) is 0 Å². The molecule has 1 aliphatic heterocycles. The first-order valence-electron chi connectivity index (χ1n) is 5.30. The van der Waals surface area contributed by atoms with Crippen molar-refractivity contribution in [3.05, 3.63) is 35.4 Å². The van der Waals surface area contributed by atoms with Crippen LogP contribution < -0.4 is 5.43 Å². The lowest BCUT2D eigenvalue weighted by Gasteiger charge is -2.09. The largest absolute Gasteiger partial charge is 0.306 e. The summed E-state index contributed by atoms with van der Waals surface area (Å²) < 4.78 is 0. The highest BCUT2D eigenvalue weighted by atomic mass is 15.3. The lowest BCUT2D eigenvalue weighted by molar-refractivity contribution is 0.735. The highest BCUT2D eigenvalue weighted by Crippen LogP contribution is 2.07. The summed E-state index contributed by atoms with van der Waals surface area (Å²) in [5, 5.41) is 3.94. The van der Waals surface area contributed by atoms with E-state index in [1.54, 1.807) is 0 Å². The molecule has 1 aromatic rings. The predicted molar refractivity (Wildman–Crippen MR) is 63.6 cm³/mol. The summed E-state index contributed by atoms with van der Waals surface area (Å²) >= 11 is 0. The Kier molecular flexibility index (Phi) is 7.52. The number of hydrogen-bond donors (Lipinski definition) is 1. The molecule has 1 heterocycles. The molecule has 2 heteroatoms. The molecule has 0 spiro atoms. The highest BCUT2D eigenvalue weighted by Gasteiger charge is 2.00. The van der Waals surface area contributed by atoms with Crippen LogP contribution in [0.25, 0.3) is 0 Å². The van der Waals surface area contributed by atoms with Gasteiger partial charge in [0.2, 0.25) is 0 Å². The molecule has 2 nitrogen and oxygen atoms in total. The molecule has 0 unspecified atom stereocenters. The topological polar surface area (TPSA) is 24.4 Å². The summed E-state index contributed by atoms with van der Waals surface area (Å²) in [6, 6.07) is 8.24. The molecule has 0 saturated heterocycles. The van der Waals surface area contributed by atoms with E-state index in [1.807, 2.05) is 46.0 Å². The van der Waals surface area contributed by atoms with Gasteiger partial charge in [-0.05, 0) is 11.1 Å². The Labute approximate surface area is 87.0 Å². The maximum atomic E-state index is 3.94. The molecule has 0 bridgehead atoms. The van der Waals surface area contributed by atoms with E-state index in [1.165, 1.54) is 11.1 Å². The van der Waals surface area contributed by atoms with Crippen LogP contribution in [0.1, 0.15) is 38.8 Å². The second-order valence-electron chi connectivity index (χ2n) is 2.29. The zero-order valence-electron chi connectivity index (χ0n) is 9.54. The van der Waals surface area contributed by atoms with E-state index in [0.29, 0.717) is 0 Å². The minimum atomic E-state index is 0.854. The molecule has 1 N–H and O–H groups in total. The number of hydrogen-bond acceptors (Lipinski definition) is 2. The van der Waals surface area contributed by atoms with Gasteiger partial charge in [-0.2, -0.15) is 5.10 Å². The molecule has 14 heavy (non-hydrogen) atoms. The van der Waals surface area contributed by atoms with Crippen LogP contribution in [0.5, 0.6) is 0 Å². The molecular formula is C12H20N2. The van der Waals surface area contributed by atoms with Gasteiger partial charge in [-0.3, -0.25) is 0 Å². The molecular weight excluding hydrogens is 172 g/mol. The summed E-state index contributed by atoms with van der Waals surface area (Å²) in [4.78, 5) is 0. The fraction of sp³-hybridized carbons (Fsp3) is 0.417. The molecule has 1 aromatic carbocycles. The quantitative estimate of drug-likeness (QED) is 0.670. The van der Waals surface area contributed by atoms with Gasteiger partial charge in [0.05, 0.1) is 12.8 Å². The van der Waals surface area contributed by atoms with Crippen molar-refractivity contribution >= 4 is 6.21 Å². The first kappa shape index (κ1) is 12.7. The van der Waals surface area contributed by atoms with E-state index >= 15 is 0 Å². The standard InChI is InChI=1S/C8H8N2.2C2H6/c1-2-4-8-6-10-9-5-7(8)3-1;2*1-2/h1-5,10H,6H2;2*1-2H3. The maximum Gasteiger partial charge on any atom is 0.0586 e. The minimum Gasteiger partial charge on any atom is -0.306 e. The second kappa shape index (κ2) is 8.30. The highest BCUT2D eigenvalue weighted by molar-refractivity contribution is 5.82. The Balaban J connectivity index is 0.000000379. The molecule has 0 aliphatic carbocycles. The Morgan fingerprint density at radius 1 is 1.07 bits per heavy atom. The molecule has 0 saturated carbocycles. The first-order valence-corrected chi connectivity index (χ1v) is 5.30. The van der Waals surface area contributed by atoms with Gasteiger partial charge in [-0.15, -0.1) is 0 Å². The van der Waals surface area contributed by atoms with Crippen molar-refractivity contribution in [2.24, 2.45) is 5.10 Å². The summed E-state index contributed by atoms with van der Waals surface area (Å²) in [5.74, 6) is 0. The molecule has 0 amide bonds. The van der Waals surface area contributed by atoms with Gasteiger partial charge >= 0.3 is 0 Å². The molecule has 1 aliphatic rings. The van der Waals surface area contributed by atoms with Crippen LogP contribution in [0, 0.1) is 0 Å². The first-order chi connectivity index (χ1) is 6.97. The van der Waals surface area contributed by atoms with Gasteiger partial charge in [0.25, 0.3) is 0 Å². The third-order valence-electron chi connectivity index (χ3n) is 1.62. The fourth-order valence-corrected chi connectivity index (χ4v) is 1.07. The van der Waals surface area contributed by atoms with Crippen molar-refractivity contribution in [2.45, 2.75) is 34.2 Å². The van der Waals surface area contributed by atoms with Crippen LogP contribution in [-0.4, -0.2) is 6.21 Å². The average Bonchev–Trinajstić information content (AvgIpc) is 2.34. The number of rotatable bonds is 0. The molecule has 78 valence electrons. The van der Waals surface area contributed by atoms with Crippen molar-refractivity contribution in [1.29, 1.82) is 0 Å². The van der Waals surface area contributed by atoms with Gasteiger partial charge in [-0.25, -0.2) is 0 Å². The van der Waals surface area contributed by atoms with Crippen molar-refractivity contribution in [3.8, 4) is 0 Å². The molecule has 0 atom stereocenters. The van der Waals surface area contributed by atoms with Crippen molar-refractivity contribution in [3.63, 3.8) is 0 Å². The van der Waals surface area contributed by atoms with E-state index < -0.39 is 0 Å². The van der Waals surface area contributed by atoms with Gasteiger partial charge in [0.15, 0.2) is 0 Å². The second-order valence-corrected chi connectivity index (χ2v) is 2.29. The third-order valence-corrected chi connectivity index (χ3v) is 1.62. The summed E-state index contributed by atoms with van der Waals surface area (Å²) in [6.45, 7) is 8.85. The molecule has 0 fully saturated rings. The number of nitrogens with zero attached hydrogens (tertiary/aromatic N) is 1. The Morgan fingerprint density at radius 3 is 2.36 bits per heavy atom. The summed E-state index contributed by atoms with van der Waals surface area (Å²) in [7, 11) is 0. The van der Waals surface area contributed by atoms with Crippen LogP contribution >= 0.6 is 0 Å². The van der Waals surface area contributed by atoms with Gasteiger partial charge < -0.3 is 5.43 Å². The molecule has 0 radical (unpaired) electrons. The normalized spacial score (nSPS) is 10.9. The third kappa shape index (κ3) is 3.60. The number of fused-ring (bicyclic) bond motifs is 1. The van der Waals surface area contributed by atoms with Crippen LogP contribution in [-0.2, 0) is 6.54 Å². The van der Waals surface area contributed by atoms with Gasteiger partial charge in [-0.1, -0.05) is 52.0 Å². The smallest absolute Gasteiger partial charge is 0.0586 e. The average molecular weight is 192 g/mol. The van der Waals surface area contributed by atoms with Gasteiger partial charge in [0, 0.05) is 0 Å². The van der Waals surface area contributed by atoms with Crippen molar-refractivity contribution in [1.82, 2.24) is 5.43 Å². The predicted octanol–water partition coefficient (Wildman–Crippen LogP) is 3.18. The zero-order valence-corrected chi connectivity index (χ0v) is 9.54. The van der Waals surface area contributed by atoms with E-state index in [-0.39, 0.29) is 0 Å². The molecule has 2 rings (SSSR count). The fourth-order valence-electron chi connectivity index (χ4n) is 1.07. The lowest BCUT2D eigenvalue weighted by Crippen LogP contribution is -2.12. The monoisotopic (exact) mass is 192 g/mol. The SMILES string of the molecule is C1=NNCc2ccccc21.CC.CC. The molecule has 0 aromatic heterocycles. The van der Waals surface area contributed by atoms with Gasteiger partial charge in [0.1, 0.15) is 0 Å². The Bertz CT molecular complexity index is 267. The van der Waals surface area contributed by atoms with E-state index in [4.69, 9.17) is 0 Å². The lowest BCUT2D eigenvalue weighted by atomic mass is 10.1. The number of hydrazone groups is 1. The van der Waals surface area contributed by atoms with E-state index in [0.717, 1.165) is 6.54 Å². The van der Waals surface area contributed by atoms with E-state index in [9.17, 15) is 0 Å². The number of benzene rings is 1. The zero-order chi connectivity index (χ0) is 10.8. The van der Waals surface area contributed by atoms with Crippen LogP contribution in [0.2, 0.25) is 0 Å².